The van der Waals surface area contributed by atoms with Crippen molar-refractivity contribution in [1.82, 2.24) is 10.6 Å². The van der Waals surface area contributed by atoms with Gasteiger partial charge in [0.2, 0.25) is 0 Å². The van der Waals surface area contributed by atoms with E-state index in [1.54, 1.807) is 12.1 Å². The Balaban J connectivity index is 1.79. The number of carbonyl (C=O) groups excluding carboxylic acids is 1. The van der Waals surface area contributed by atoms with Crippen molar-refractivity contribution in [2.75, 3.05) is 19.6 Å². The quantitative estimate of drug-likeness (QED) is 0.811. The SMILES string of the molecule is Cc1ccc(C(=O)NCC2CCNCC2)o1. The summed E-state index contributed by atoms with van der Waals surface area (Å²) in [6.45, 7) is 4.70. The first kappa shape index (κ1) is 11.2. The van der Waals surface area contributed by atoms with Crippen molar-refractivity contribution in [1.29, 1.82) is 0 Å². The van der Waals surface area contributed by atoms with Crippen molar-refractivity contribution in [3.63, 3.8) is 0 Å². The van der Waals surface area contributed by atoms with Gasteiger partial charge in [0.05, 0.1) is 0 Å². The molecular weight excluding hydrogens is 204 g/mol. The Bertz CT molecular complexity index is 354. The molecule has 1 aromatic heterocycles. The Kier molecular flexibility index (Phi) is 3.62. The van der Waals surface area contributed by atoms with Gasteiger partial charge in [-0.2, -0.15) is 0 Å². The minimum Gasteiger partial charge on any atom is -0.456 e. The molecule has 4 heteroatoms. The summed E-state index contributed by atoms with van der Waals surface area (Å²) < 4.78 is 5.26. The molecule has 1 aliphatic rings. The highest BCUT2D eigenvalue weighted by Crippen LogP contribution is 2.11. The lowest BCUT2D eigenvalue weighted by molar-refractivity contribution is 0.0915. The highest BCUT2D eigenvalue weighted by atomic mass is 16.3. The number of aryl methyl sites for hydroxylation is 1. The van der Waals surface area contributed by atoms with Gasteiger partial charge in [-0.25, -0.2) is 0 Å². The number of hydrogen-bond acceptors (Lipinski definition) is 3. The summed E-state index contributed by atoms with van der Waals surface area (Å²) in [6, 6.07) is 3.52. The maximum Gasteiger partial charge on any atom is 0.287 e. The smallest absolute Gasteiger partial charge is 0.287 e. The summed E-state index contributed by atoms with van der Waals surface area (Å²) in [5.74, 6) is 1.67. The largest absolute Gasteiger partial charge is 0.456 e. The fourth-order valence-corrected chi connectivity index (χ4v) is 1.97. The van der Waals surface area contributed by atoms with Crippen molar-refractivity contribution < 1.29 is 9.21 Å². The molecule has 2 rings (SSSR count). The van der Waals surface area contributed by atoms with Crippen molar-refractivity contribution in [2.45, 2.75) is 19.8 Å². The molecule has 1 saturated heterocycles. The van der Waals surface area contributed by atoms with E-state index < -0.39 is 0 Å². The number of amides is 1. The number of hydrogen-bond donors (Lipinski definition) is 2. The second kappa shape index (κ2) is 5.16. The van der Waals surface area contributed by atoms with E-state index in [0.29, 0.717) is 11.7 Å². The lowest BCUT2D eigenvalue weighted by Gasteiger charge is -2.22. The van der Waals surface area contributed by atoms with Gasteiger partial charge in [0.1, 0.15) is 5.76 Å². The lowest BCUT2D eigenvalue weighted by Crippen LogP contribution is -2.35. The van der Waals surface area contributed by atoms with Gasteiger partial charge in [0, 0.05) is 6.54 Å². The van der Waals surface area contributed by atoms with Gasteiger partial charge in [-0.3, -0.25) is 4.79 Å². The maximum atomic E-state index is 11.7. The number of nitrogens with one attached hydrogen (secondary N) is 2. The number of rotatable bonds is 3. The Labute approximate surface area is 95.4 Å². The second-order valence-electron chi connectivity index (χ2n) is 4.31. The second-order valence-corrected chi connectivity index (χ2v) is 4.31. The first-order valence-corrected chi connectivity index (χ1v) is 5.81. The van der Waals surface area contributed by atoms with Crippen LogP contribution in [-0.2, 0) is 0 Å². The van der Waals surface area contributed by atoms with E-state index in [2.05, 4.69) is 10.6 Å². The minimum absolute atomic E-state index is 0.105. The van der Waals surface area contributed by atoms with Crippen LogP contribution in [0.3, 0.4) is 0 Å². The highest BCUT2D eigenvalue weighted by molar-refractivity contribution is 5.91. The number of furan rings is 1. The Morgan fingerprint density at radius 3 is 2.88 bits per heavy atom. The van der Waals surface area contributed by atoms with E-state index in [0.717, 1.165) is 38.2 Å². The molecule has 1 aliphatic heterocycles. The molecule has 1 aromatic rings. The van der Waals surface area contributed by atoms with Crippen LogP contribution in [0.15, 0.2) is 16.5 Å². The molecule has 0 unspecified atom stereocenters. The summed E-state index contributed by atoms with van der Waals surface area (Å²) >= 11 is 0. The molecule has 1 amide bonds. The monoisotopic (exact) mass is 222 g/mol. The fraction of sp³-hybridized carbons (Fsp3) is 0.583. The van der Waals surface area contributed by atoms with E-state index in [1.165, 1.54) is 0 Å². The third-order valence-electron chi connectivity index (χ3n) is 2.97. The third-order valence-corrected chi connectivity index (χ3v) is 2.97. The van der Waals surface area contributed by atoms with E-state index in [9.17, 15) is 4.79 Å². The molecule has 16 heavy (non-hydrogen) atoms. The zero-order chi connectivity index (χ0) is 11.4. The average Bonchev–Trinajstić information content (AvgIpc) is 2.74. The first-order chi connectivity index (χ1) is 7.75. The summed E-state index contributed by atoms with van der Waals surface area (Å²) in [5, 5.41) is 6.23. The van der Waals surface area contributed by atoms with Gasteiger partial charge < -0.3 is 15.1 Å². The van der Waals surface area contributed by atoms with Crippen molar-refractivity contribution >= 4 is 5.91 Å². The molecule has 0 saturated carbocycles. The van der Waals surface area contributed by atoms with E-state index in [4.69, 9.17) is 4.42 Å². The van der Waals surface area contributed by atoms with Gasteiger partial charge in [0.15, 0.2) is 5.76 Å². The Morgan fingerprint density at radius 2 is 2.25 bits per heavy atom. The molecule has 0 spiro atoms. The van der Waals surface area contributed by atoms with Crippen LogP contribution in [-0.4, -0.2) is 25.5 Å². The van der Waals surface area contributed by atoms with E-state index in [1.807, 2.05) is 6.92 Å². The predicted octanol–water partition coefficient (Wildman–Crippen LogP) is 1.32. The summed E-state index contributed by atoms with van der Waals surface area (Å²) in [5.41, 5.74) is 0. The zero-order valence-corrected chi connectivity index (χ0v) is 9.58. The molecule has 0 atom stereocenters. The third kappa shape index (κ3) is 2.85. The Hall–Kier alpha value is -1.29. The van der Waals surface area contributed by atoms with Gasteiger partial charge in [-0.15, -0.1) is 0 Å². The topological polar surface area (TPSA) is 54.3 Å². The maximum absolute atomic E-state index is 11.7. The lowest BCUT2D eigenvalue weighted by atomic mass is 9.98. The van der Waals surface area contributed by atoms with E-state index in [-0.39, 0.29) is 5.91 Å². The predicted molar refractivity (Wildman–Crippen MR) is 61.4 cm³/mol. The van der Waals surface area contributed by atoms with Crippen LogP contribution in [0.25, 0.3) is 0 Å². The van der Waals surface area contributed by atoms with Crippen molar-refractivity contribution in [3.05, 3.63) is 23.7 Å². The van der Waals surface area contributed by atoms with Crippen LogP contribution >= 0.6 is 0 Å². The molecular formula is C12H18N2O2. The van der Waals surface area contributed by atoms with Gasteiger partial charge in [0.25, 0.3) is 5.91 Å². The highest BCUT2D eigenvalue weighted by Gasteiger charge is 2.15. The fourth-order valence-electron chi connectivity index (χ4n) is 1.97. The molecule has 0 aromatic carbocycles. The minimum atomic E-state index is -0.105. The number of carbonyl (C=O) groups is 1. The van der Waals surface area contributed by atoms with Crippen LogP contribution in [0.5, 0.6) is 0 Å². The summed E-state index contributed by atoms with van der Waals surface area (Å²) in [7, 11) is 0. The molecule has 2 heterocycles. The van der Waals surface area contributed by atoms with E-state index >= 15 is 0 Å². The number of piperidine rings is 1. The molecule has 0 bridgehead atoms. The van der Waals surface area contributed by atoms with Crippen molar-refractivity contribution in [2.24, 2.45) is 5.92 Å². The van der Waals surface area contributed by atoms with Crippen molar-refractivity contribution in [3.8, 4) is 0 Å². The average molecular weight is 222 g/mol. The van der Waals surface area contributed by atoms with Crippen LogP contribution < -0.4 is 10.6 Å². The van der Waals surface area contributed by atoms with Crippen LogP contribution in [0.4, 0.5) is 0 Å². The molecule has 1 fully saturated rings. The van der Waals surface area contributed by atoms with Crippen LogP contribution in [0, 0.1) is 12.8 Å². The van der Waals surface area contributed by atoms with Crippen LogP contribution in [0.2, 0.25) is 0 Å². The van der Waals surface area contributed by atoms with Gasteiger partial charge >= 0.3 is 0 Å². The molecule has 0 radical (unpaired) electrons. The van der Waals surface area contributed by atoms with Crippen LogP contribution in [0.1, 0.15) is 29.2 Å². The Morgan fingerprint density at radius 1 is 1.50 bits per heavy atom. The zero-order valence-electron chi connectivity index (χ0n) is 9.58. The molecule has 0 aliphatic carbocycles. The molecule has 4 nitrogen and oxygen atoms in total. The summed E-state index contributed by atoms with van der Waals surface area (Å²) in [6.07, 6.45) is 2.27. The van der Waals surface area contributed by atoms with Gasteiger partial charge in [-0.1, -0.05) is 0 Å². The van der Waals surface area contributed by atoms with Gasteiger partial charge in [-0.05, 0) is 50.9 Å². The molecule has 88 valence electrons. The summed E-state index contributed by atoms with van der Waals surface area (Å²) in [4.78, 5) is 11.7. The molecule has 2 N–H and O–H groups in total. The standard InChI is InChI=1S/C12H18N2O2/c1-9-2-3-11(16-9)12(15)14-8-10-4-6-13-7-5-10/h2-3,10,13H,4-8H2,1H3,(H,14,15). The first-order valence-electron chi connectivity index (χ1n) is 5.81. The normalized spacial score (nSPS) is 17.3.